The molecule has 0 bridgehead atoms. The Morgan fingerprint density at radius 3 is 2.92 bits per heavy atom. The minimum Gasteiger partial charge on any atom is -0.328 e. The number of halogens is 1. The van der Waals surface area contributed by atoms with Crippen molar-refractivity contribution in [3.8, 4) is 0 Å². The van der Waals surface area contributed by atoms with Crippen molar-refractivity contribution >= 4 is 22.9 Å². The molecule has 12 heavy (non-hydrogen) atoms. The highest BCUT2D eigenvalue weighted by atomic mass is 35.5. The zero-order chi connectivity index (χ0) is 8.97. The van der Waals surface area contributed by atoms with Crippen LogP contribution in [0.5, 0.6) is 0 Å². The van der Waals surface area contributed by atoms with Crippen LogP contribution in [0.2, 0.25) is 5.02 Å². The molecular formula is C9H14ClNS. The zero-order valence-electron chi connectivity index (χ0n) is 7.22. The third kappa shape index (κ3) is 2.77. The van der Waals surface area contributed by atoms with Crippen LogP contribution in [0.25, 0.3) is 0 Å². The van der Waals surface area contributed by atoms with E-state index >= 15 is 0 Å². The molecule has 0 fully saturated rings. The number of aryl methyl sites for hydroxylation is 1. The van der Waals surface area contributed by atoms with Gasteiger partial charge in [0.25, 0.3) is 0 Å². The Hall–Kier alpha value is -0.0500. The third-order valence-electron chi connectivity index (χ3n) is 1.96. The van der Waals surface area contributed by atoms with Crippen LogP contribution < -0.4 is 5.73 Å². The molecule has 0 aliphatic carbocycles. The second-order valence-electron chi connectivity index (χ2n) is 2.90. The highest BCUT2D eigenvalue weighted by Gasteiger charge is 2.04. The molecule has 2 N–H and O–H groups in total. The van der Waals surface area contributed by atoms with Gasteiger partial charge >= 0.3 is 0 Å². The molecule has 3 heteroatoms. The van der Waals surface area contributed by atoms with Gasteiger partial charge in [-0.2, -0.15) is 0 Å². The Morgan fingerprint density at radius 2 is 2.42 bits per heavy atom. The summed E-state index contributed by atoms with van der Waals surface area (Å²) >= 11 is 7.65. The van der Waals surface area contributed by atoms with Gasteiger partial charge < -0.3 is 5.73 Å². The van der Waals surface area contributed by atoms with Gasteiger partial charge in [-0.3, -0.25) is 0 Å². The first-order valence-electron chi connectivity index (χ1n) is 4.21. The summed E-state index contributed by atoms with van der Waals surface area (Å²) in [6.07, 6.45) is 3.10. The highest BCUT2D eigenvalue weighted by molar-refractivity contribution is 7.10. The lowest BCUT2D eigenvalue weighted by atomic mass is 10.1. The molecule has 0 saturated heterocycles. The summed E-state index contributed by atoms with van der Waals surface area (Å²) in [6.45, 7) is 2.11. The zero-order valence-corrected chi connectivity index (χ0v) is 8.79. The molecule has 0 spiro atoms. The molecule has 1 rings (SSSR count). The minimum atomic E-state index is 0.322. The van der Waals surface area contributed by atoms with Crippen molar-refractivity contribution < 1.29 is 0 Å². The molecule has 1 aromatic heterocycles. The maximum Gasteiger partial charge on any atom is 0.0544 e. The molecule has 1 heterocycles. The van der Waals surface area contributed by atoms with Crippen LogP contribution in [0.1, 0.15) is 24.6 Å². The van der Waals surface area contributed by atoms with E-state index in [0.717, 1.165) is 24.3 Å². The van der Waals surface area contributed by atoms with Gasteiger partial charge in [0.15, 0.2) is 0 Å². The molecule has 1 unspecified atom stereocenters. The van der Waals surface area contributed by atoms with E-state index in [1.54, 1.807) is 11.3 Å². The van der Waals surface area contributed by atoms with Crippen molar-refractivity contribution in [2.24, 2.45) is 5.73 Å². The van der Waals surface area contributed by atoms with Gasteiger partial charge in [-0.15, -0.1) is 11.3 Å². The Kier molecular flexibility index (Phi) is 4.06. The van der Waals surface area contributed by atoms with Crippen LogP contribution >= 0.6 is 22.9 Å². The topological polar surface area (TPSA) is 26.0 Å². The molecule has 1 atom stereocenters. The Morgan fingerprint density at radius 1 is 1.67 bits per heavy atom. The fourth-order valence-corrected chi connectivity index (χ4v) is 2.17. The second kappa shape index (κ2) is 4.85. The van der Waals surface area contributed by atoms with Crippen LogP contribution in [0.4, 0.5) is 0 Å². The minimum absolute atomic E-state index is 0.322. The van der Waals surface area contributed by atoms with Gasteiger partial charge in [-0.1, -0.05) is 18.5 Å². The Labute approximate surface area is 82.5 Å². The van der Waals surface area contributed by atoms with E-state index in [1.807, 2.05) is 11.4 Å². The smallest absolute Gasteiger partial charge is 0.0544 e. The van der Waals surface area contributed by atoms with E-state index in [9.17, 15) is 0 Å². The first kappa shape index (κ1) is 10.0. The molecule has 0 saturated carbocycles. The van der Waals surface area contributed by atoms with Crippen molar-refractivity contribution in [1.82, 2.24) is 0 Å². The summed E-state index contributed by atoms with van der Waals surface area (Å²) in [4.78, 5) is 1.26. The number of hydrogen-bond acceptors (Lipinski definition) is 2. The predicted molar refractivity (Wildman–Crippen MR) is 55.9 cm³/mol. The fourth-order valence-electron chi connectivity index (χ4n) is 1.02. The van der Waals surface area contributed by atoms with Gasteiger partial charge in [-0.25, -0.2) is 0 Å². The Bertz CT molecular complexity index is 234. The van der Waals surface area contributed by atoms with Gasteiger partial charge in [0.2, 0.25) is 0 Å². The molecule has 0 radical (unpaired) electrons. The molecule has 68 valence electrons. The number of nitrogens with two attached hydrogens (primary N) is 1. The summed E-state index contributed by atoms with van der Waals surface area (Å²) in [6, 6.07) is 2.27. The molecule has 0 aliphatic rings. The summed E-state index contributed by atoms with van der Waals surface area (Å²) in [7, 11) is 0. The molecule has 0 aromatic carbocycles. The average Bonchev–Trinajstić information content (AvgIpc) is 2.47. The summed E-state index contributed by atoms with van der Waals surface area (Å²) in [5.74, 6) is 0. The van der Waals surface area contributed by atoms with Crippen LogP contribution in [0.15, 0.2) is 11.4 Å². The Balaban J connectivity index is 2.38. The lowest BCUT2D eigenvalue weighted by Crippen LogP contribution is -2.18. The van der Waals surface area contributed by atoms with Crippen LogP contribution in [0.3, 0.4) is 0 Å². The van der Waals surface area contributed by atoms with E-state index in [4.69, 9.17) is 17.3 Å². The lowest BCUT2D eigenvalue weighted by molar-refractivity contribution is 0.599. The van der Waals surface area contributed by atoms with E-state index in [0.29, 0.717) is 6.04 Å². The van der Waals surface area contributed by atoms with Crippen LogP contribution in [-0.2, 0) is 6.42 Å². The van der Waals surface area contributed by atoms with Crippen molar-refractivity contribution in [2.45, 2.75) is 32.2 Å². The first-order chi connectivity index (χ1) is 5.74. The molecular weight excluding hydrogens is 190 g/mol. The maximum absolute atomic E-state index is 5.94. The second-order valence-corrected chi connectivity index (χ2v) is 4.31. The van der Waals surface area contributed by atoms with Crippen molar-refractivity contribution in [3.05, 3.63) is 21.3 Å². The summed E-state index contributed by atoms with van der Waals surface area (Å²) in [5, 5.41) is 2.91. The average molecular weight is 204 g/mol. The number of thiophene rings is 1. The monoisotopic (exact) mass is 203 g/mol. The van der Waals surface area contributed by atoms with Crippen molar-refractivity contribution in [3.63, 3.8) is 0 Å². The number of hydrogen-bond donors (Lipinski definition) is 1. The summed E-state index contributed by atoms with van der Waals surface area (Å²) < 4.78 is 0. The standard InChI is InChI=1S/C9H14ClNS/c1-2-7(11)3-4-9-8(10)5-6-12-9/h5-7H,2-4,11H2,1H3. The maximum atomic E-state index is 5.94. The SMILES string of the molecule is CCC(N)CCc1sccc1Cl. The quantitative estimate of drug-likeness (QED) is 0.800. The van der Waals surface area contributed by atoms with Gasteiger partial charge in [-0.05, 0) is 30.7 Å². The van der Waals surface area contributed by atoms with Crippen LogP contribution in [0, 0.1) is 0 Å². The van der Waals surface area contributed by atoms with Gasteiger partial charge in [0.1, 0.15) is 0 Å². The third-order valence-corrected chi connectivity index (χ3v) is 3.40. The lowest BCUT2D eigenvalue weighted by Gasteiger charge is -2.06. The predicted octanol–water partition coefficient (Wildman–Crippen LogP) is 3.07. The normalized spacial score (nSPS) is 13.2. The fraction of sp³-hybridized carbons (Fsp3) is 0.556. The van der Waals surface area contributed by atoms with E-state index in [2.05, 4.69) is 6.92 Å². The van der Waals surface area contributed by atoms with Crippen molar-refractivity contribution in [1.29, 1.82) is 0 Å². The summed E-state index contributed by atoms with van der Waals surface area (Å²) in [5.41, 5.74) is 5.80. The first-order valence-corrected chi connectivity index (χ1v) is 5.47. The molecule has 0 aliphatic heterocycles. The highest BCUT2D eigenvalue weighted by Crippen LogP contribution is 2.23. The molecule has 1 nitrogen and oxygen atoms in total. The van der Waals surface area contributed by atoms with E-state index in [1.165, 1.54) is 4.88 Å². The number of rotatable bonds is 4. The molecule has 1 aromatic rings. The van der Waals surface area contributed by atoms with Gasteiger partial charge in [0.05, 0.1) is 5.02 Å². The van der Waals surface area contributed by atoms with E-state index < -0.39 is 0 Å². The molecule has 0 amide bonds. The van der Waals surface area contributed by atoms with E-state index in [-0.39, 0.29) is 0 Å². The van der Waals surface area contributed by atoms with Crippen LogP contribution in [-0.4, -0.2) is 6.04 Å². The van der Waals surface area contributed by atoms with Crippen molar-refractivity contribution in [2.75, 3.05) is 0 Å². The van der Waals surface area contributed by atoms with Gasteiger partial charge in [0, 0.05) is 10.9 Å². The largest absolute Gasteiger partial charge is 0.328 e.